The first-order valence-electron chi connectivity index (χ1n) is 7.39. The molecule has 0 aliphatic rings. The van der Waals surface area contributed by atoms with E-state index in [1.54, 1.807) is 31.3 Å². The second-order valence-electron chi connectivity index (χ2n) is 5.01. The number of ether oxygens (including phenoxy) is 2. The van der Waals surface area contributed by atoms with E-state index in [0.29, 0.717) is 17.2 Å². The molecule has 0 fully saturated rings. The molecule has 7 nitrogen and oxygen atoms in total. The quantitative estimate of drug-likeness (QED) is 0.858. The van der Waals surface area contributed by atoms with Crippen LogP contribution < -0.4 is 20.1 Å². The maximum absolute atomic E-state index is 12.1. The lowest BCUT2D eigenvalue weighted by molar-refractivity contribution is 0.249. The second kappa shape index (κ2) is 7.53. The highest BCUT2D eigenvalue weighted by atomic mass is 16.5. The summed E-state index contributed by atoms with van der Waals surface area (Å²) in [4.78, 5) is 12.1. The Balaban J connectivity index is 2.05. The van der Waals surface area contributed by atoms with E-state index in [0.717, 1.165) is 12.1 Å². The number of hydrogen-bond acceptors (Lipinski definition) is 4. The molecule has 1 aromatic carbocycles. The molecule has 0 saturated heterocycles. The van der Waals surface area contributed by atoms with Gasteiger partial charge in [-0.1, -0.05) is 0 Å². The van der Waals surface area contributed by atoms with Gasteiger partial charge in [0.25, 0.3) is 0 Å². The number of aromatic nitrogens is 2. The number of amides is 2. The highest BCUT2D eigenvalue weighted by Gasteiger charge is 2.15. The van der Waals surface area contributed by atoms with Crippen LogP contribution in [-0.4, -0.2) is 30.0 Å². The summed E-state index contributed by atoms with van der Waals surface area (Å²) in [7, 11) is 3.19. The standard InChI is InChI=1S/C16H22N4O3/c1-5-20-10-12(9-17-20)19-16(21)18-11(2)14-8-13(22-3)6-7-15(14)23-4/h6-11H,5H2,1-4H3,(H2,18,19,21)/t11-/m1/s1. The van der Waals surface area contributed by atoms with Gasteiger partial charge in [-0.2, -0.15) is 5.10 Å². The van der Waals surface area contributed by atoms with Gasteiger partial charge in [-0.3, -0.25) is 4.68 Å². The normalized spacial score (nSPS) is 11.7. The summed E-state index contributed by atoms with van der Waals surface area (Å²) in [5.41, 5.74) is 1.49. The average molecular weight is 318 g/mol. The summed E-state index contributed by atoms with van der Waals surface area (Å²) >= 11 is 0. The second-order valence-corrected chi connectivity index (χ2v) is 5.01. The van der Waals surface area contributed by atoms with Crippen LogP contribution in [0.2, 0.25) is 0 Å². The number of nitrogens with one attached hydrogen (secondary N) is 2. The van der Waals surface area contributed by atoms with E-state index in [1.807, 2.05) is 32.0 Å². The van der Waals surface area contributed by atoms with Crippen LogP contribution in [0.25, 0.3) is 0 Å². The van der Waals surface area contributed by atoms with E-state index in [4.69, 9.17) is 9.47 Å². The van der Waals surface area contributed by atoms with E-state index >= 15 is 0 Å². The summed E-state index contributed by atoms with van der Waals surface area (Å²) in [6.45, 7) is 4.61. The number of carbonyl (C=O) groups excluding carboxylic acids is 1. The summed E-state index contributed by atoms with van der Waals surface area (Å²) in [6.07, 6.45) is 3.39. The lowest BCUT2D eigenvalue weighted by Gasteiger charge is -2.18. The first-order valence-corrected chi connectivity index (χ1v) is 7.39. The number of hydrogen-bond donors (Lipinski definition) is 2. The van der Waals surface area contributed by atoms with Crippen LogP contribution in [-0.2, 0) is 6.54 Å². The molecule has 0 aliphatic carbocycles. The Morgan fingerprint density at radius 1 is 1.35 bits per heavy atom. The smallest absolute Gasteiger partial charge is 0.319 e. The Bertz CT molecular complexity index is 669. The number of carbonyl (C=O) groups is 1. The zero-order chi connectivity index (χ0) is 16.8. The third kappa shape index (κ3) is 4.15. The van der Waals surface area contributed by atoms with Crippen LogP contribution in [0.4, 0.5) is 10.5 Å². The fourth-order valence-electron chi connectivity index (χ4n) is 2.22. The lowest BCUT2D eigenvalue weighted by Crippen LogP contribution is -2.31. The van der Waals surface area contributed by atoms with Crippen molar-refractivity contribution in [3.8, 4) is 11.5 Å². The predicted molar refractivity (Wildman–Crippen MR) is 88.0 cm³/mol. The van der Waals surface area contributed by atoms with Crippen LogP contribution >= 0.6 is 0 Å². The van der Waals surface area contributed by atoms with Gasteiger partial charge >= 0.3 is 6.03 Å². The summed E-state index contributed by atoms with van der Waals surface area (Å²) < 4.78 is 12.3. The van der Waals surface area contributed by atoms with Crippen molar-refractivity contribution in [3.63, 3.8) is 0 Å². The number of aryl methyl sites for hydroxylation is 1. The Morgan fingerprint density at radius 2 is 2.13 bits per heavy atom. The molecule has 1 aromatic heterocycles. The van der Waals surface area contributed by atoms with E-state index in [2.05, 4.69) is 15.7 Å². The van der Waals surface area contributed by atoms with Crippen LogP contribution in [0.5, 0.6) is 11.5 Å². The minimum absolute atomic E-state index is 0.249. The molecule has 1 heterocycles. The zero-order valence-corrected chi connectivity index (χ0v) is 13.8. The number of anilines is 1. The third-order valence-corrected chi connectivity index (χ3v) is 3.47. The van der Waals surface area contributed by atoms with Gasteiger partial charge in [0.1, 0.15) is 11.5 Å². The minimum Gasteiger partial charge on any atom is -0.497 e. The number of methoxy groups -OCH3 is 2. The highest BCUT2D eigenvalue weighted by Crippen LogP contribution is 2.29. The van der Waals surface area contributed by atoms with Gasteiger partial charge < -0.3 is 20.1 Å². The molecule has 2 N–H and O–H groups in total. The van der Waals surface area contributed by atoms with Gasteiger partial charge in [-0.15, -0.1) is 0 Å². The van der Waals surface area contributed by atoms with Crippen molar-refractivity contribution in [2.24, 2.45) is 0 Å². The molecule has 7 heteroatoms. The molecule has 2 rings (SSSR count). The van der Waals surface area contributed by atoms with Crippen molar-refractivity contribution in [2.75, 3.05) is 19.5 Å². The molecule has 23 heavy (non-hydrogen) atoms. The van der Waals surface area contributed by atoms with Crippen molar-refractivity contribution in [1.82, 2.24) is 15.1 Å². The molecule has 0 radical (unpaired) electrons. The van der Waals surface area contributed by atoms with E-state index < -0.39 is 0 Å². The van der Waals surface area contributed by atoms with Crippen LogP contribution in [0.3, 0.4) is 0 Å². The molecule has 0 spiro atoms. The molecule has 0 aliphatic heterocycles. The number of nitrogens with zero attached hydrogens (tertiary/aromatic N) is 2. The van der Waals surface area contributed by atoms with Gasteiger partial charge in [-0.25, -0.2) is 4.79 Å². The van der Waals surface area contributed by atoms with Gasteiger partial charge in [0.15, 0.2) is 0 Å². The predicted octanol–water partition coefficient (Wildman–Crippen LogP) is 2.80. The van der Waals surface area contributed by atoms with E-state index in [-0.39, 0.29) is 12.1 Å². The molecule has 2 aromatic rings. The van der Waals surface area contributed by atoms with Gasteiger partial charge in [0, 0.05) is 18.3 Å². The largest absolute Gasteiger partial charge is 0.497 e. The first kappa shape index (κ1) is 16.7. The maximum Gasteiger partial charge on any atom is 0.319 e. The molecular formula is C16H22N4O3. The zero-order valence-electron chi connectivity index (χ0n) is 13.8. The third-order valence-electron chi connectivity index (χ3n) is 3.47. The number of benzene rings is 1. The fourth-order valence-corrected chi connectivity index (χ4v) is 2.22. The Morgan fingerprint density at radius 3 is 2.74 bits per heavy atom. The molecule has 0 unspecified atom stereocenters. The number of urea groups is 1. The van der Waals surface area contributed by atoms with Crippen molar-refractivity contribution in [2.45, 2.75) is 26.4 Å². The number of rotatable bonds is 6. The molecule has 2 amide bonds. The van der Waals surface area contributed by atoms with Crippen LogP contribution in [0, 0.1) is 0 Å². The van der Waals surface area contributed by atoms with Crippen molar-refractivity contribution in [1.29, 1.82) is 0 Å². The Hall–Kier alpha value is -2.70. The van der Waals surface area contributed by atoms with Crippen molar-refractivity contribution >= 4 is 11.7 Å². The summed E-state index contributed by atoms with van der Waals surface area (Å²) in [5, 5.41) is 9.75. The Labute approximate surface area is 135 Å². The van der Waals surface area contributed by atoms with E-state index in [9.17, 15) is 4.79 Å². The fraction of sp³-hybridized carbons (Fsp3) is 0.375. The van der Waals surface area contributed by atoms with Crippen LogP contribution in [0.1, 0.15) is 25.5 Å². The van der Waals surface area contributed by atoms with Gasteiger partial charge in [-0.05, 0) is 32.0 Å². The molecule has 1 atom stereocenters. The summed E-state index contributed by atoms with van der Waals surface area (Å²) in [5.74, 6) is 1.40. The molecule has 0 saturated carbocycles. The molecular weight excluding hydrogens is 296 g/mol. The minimum atomic E-state index is -0.307. The lowest BCUT2D eigenvalue weighted by atomic mass is 10.1. The van der Waals surface area contributed by atoms with Crippen molar-refractivity contribution < 1.29 is 14.3 Å². The Kier molecular flexibility index (Phi) is 5.46. The maximum atomic E-state index is 12.1. The van der Waals surface area contributed by atoms with E-state index in [1.165, 1.54) is 0 Å². The SMILES string of the molecule is CCn1cc(NC(=O)N[C@H](C)c2cc(OC)ccc2OC)cn1. The highest BCUT2D eigenvalue weighted by molar-refractivity contribution is 5.89. The molecule has 124 valence electrons. The van der Waals surface area contributed by atoms with Gasteiger partial charge in [0.05, 0.1) is 32.1 Å². The van der Waals surface area contributed by atoms with Crippen LogP contribution in [0.15, 0.2) is 30.6 Å². The average Bonchev–Trinajstić information content (AvgIpc) is 3.01. The monoisotopic (exact) mass is 318 g/mol. The van der Waals surface area contributed by atoms with Gasteiger partial charge in [0.2, 0.25) is 0 Å². The van der Waals surface area contributed by atoms with Crippen molar-refractivity contribution in [3.05, 3.63) is 36.2 Å². The summed E-state index contributed by atoms with van der Waals surface area (Å²) in [6, 6.07) is 4.92. The molecule has 0 bridgehead atoms. The topological polar surface area (TPSA) is 77.4 Å². The first-order chi connectivity index (χ1) is 11.1.